The van der Waals surface area contributed by atoms with Gasteiger partial charge in [0.1, 0.15) is 5.69 Å². The predicted molar refractivity (Wildman–Crippen MR) is 151 cm³/mol. The third-order valence-corrected chi connectivity index (χ3v) is 7.02. The van der Waals surface area contributed by atoms with Crippen LogP contribution in [-0.2, 0) is 51.2 Å². The fourth-order valence-corrected chi connectivity index (χ4v) is 4.65. The average Bonchev–Trinajstić information content (AvgIpc) is 3.58. The average molecular weight is 595 g/mol. The Morgan fingerprint density at radius 1 is 0.833 bits per heavy atom. The second kappa shape index (κ2) is 20.2. The normalized spacial score (nSPS) is 18.7. The number of amides is 3. The first kappa shape index (κ1) is 33.7. The molecule has 3 rings (SSSR count). The van der Waals surface area contributed by atoms with Gasteiger partial charge in [0.15, 0.2) is 0 Å². The number of carbonyl (C=O) groups is 3. The molecule has 1 aromatic rings. The lowest BCUT2D eigenvalue weighted by atomic mass is 9.81. The van der Waals surface area contributed by atoms with E-state index < -0.39 is 0 Å². The van der Waals surface area contributed by atoms with Gasteiger partial charge in [0.2, 0.25) is 5.91 Å². The van der Waals surface area contributed by atoms with Crippen molar-refractivity contribution in [3.63, 3.8) is 0 Å². The van der Waals surface area contributed by atoms with Gasteiger partial charge in [-0.05, 0) is 38.6 Å². The second-order valence-electron chi connectivity index (χ2n) is 10.2. The zero-order chi connectivity index (χ0) is 29.8. The Kier molecular flexibility index (Phi) is 16.2. The standard InChI is InChI=1S/C28H46N6O8/c1-29-8-11-38-14-16-41-17-15-40-13-10-33-21-25(31-32-33)22-42-19-18-39-12-9-30-28(37)24-4-2-23(3-5-24)20-34-26(35)6-7-27(34)36/h6-7,21,23-24,29H,2-5,8-20,22H2,1H3,(H,30,37). The monoisotopic (exact) mass is 594 g/mol. The van der Waals surface area contributed by atoms with Crippen LogP contribution in [0, 0.1) is 11.8 Å². The van der Waals surface area contributed by atoms with Crippen LogP contribution in [-0.4, -0.2) is 124 Å². The van der Waals surface area contributed by atoms with Gasteiger partial charge in [0, 0.05) is 37.7 Å². The SMILES string of the molecule is CNCCOCCOCCOCCn1cc(COCCOCCNC(=O)C2CCC(CN3C(=O)C=CC3=O)CC2)nn1. The highest BCUT2D eigenvalue weighted by molar-refractivity contribution is 6.12. The van der Waals surface area contributed by atoms with E-state index in [2.05, 4.69) is 20.9 Å². The molecule has 0 bridgehead atoms. The number of ether oxygens (including phenoxy) is 5. The summed E-state index contributed by atoms with van der Waals surface area (Å²) in [6.07, 6.45) is 7.63. The Labute approximate surface area is 247 Å². The third-order valence-electron chi connectivity index (χ3n) is 7.02. The molecule has 1 aliphatic heterocycles. The number of aromatic nitrogens is 3. The van der Waals surface area contributed by atoms with E-state index >= 15 is 0 Å². The zero-order valence-electron chi connectivity index (χ0n) is 24.7. The van der Waals surface area contributed by atoms with Crippen molar-refractivity contribution in [2.75, 3.05) is 86.1 Å². The smallest absolute Gasteiger partial charge is 0.253 e. The molecule has 0 spiro atoms. The quantitative estimate of drug-likeness (QED) is 0.129. The van der Waals surface area contributed by atoms with Gasteiger partial charge in [-0.25, -0.2) is 4.68 Å². The van der Waals surface area contributed by atoms with E-state index in [9.17, 15) is 14.4 Å². The second-order valence-corrected chi connectivity index (χ2v) is 10.2. The molecule has 0 atom stereocenters. The maximum atomic E-state index is 12.5. The van der Waals surface area contributed by atoms with Crippen LogP contribution >= 0.6 is 0 Å². The van der Waals surface area contributed by atoms with Gasteiger partial charge in [0.05, 0.1) is 78.8 Å². The lowest BCUT2D eigenvalue weighted by molar-refractivity contribution is -0.138. The summed E-state index contributed by atoms with van der Waals surface area (Å²) in [5.74, 6) is -0.238. The van der Waals surface area contributed by atoms with Crippen LogP contribution in [0.4, 0.5) is 0 Å². The number of nitrogens with zero attached hydrogens (tertiary/aromatic N) is 4. The highest BCUT2D eigenvalue weighted by atomic mass is 16.5. The molecule has 42 heavy (non-hydrogen) atoms. The van der Waals surface area contributed by atoms with Crippen molar-refractivity contribution in [1.29, 1.82) is 0 Å². The maximum absolute atomic E-state index is 12.5. The Bertz CT molecular complexity index is 948. The summed E-state index contributed by atoms with van der Waals surface area (Å²) in [4.78, 5) is 37.2. The fourth-order valence-electron chi connectivity index (χ4n) is 4.65. The maximum Gasteiger partial charge on any atom is 0.253 e. The Morgan fingerprint density at radius 3 is 2.10 bits per heavy atom. The summed E-state index contributed by atoms with van der Waals surface area (Å²) in [7, 11) is 1.89. The van der Waals surface area contributed by atoms with E-state index in [1.165, 1.54) is 17.1 Å². The van der Waals surface area contributed by atoms with Gasteiger partial charge >= 0.3 is 0 Å². The Hall–Kier alpha value is -2.75. The van der Waals surface area contributed by atoms with E-state index in [4.69, 9.17) is 23.7 Å². The van der Waals surface area contributed by atoms with Gasteiger partial charge in [-0.3, -0.25) is 19.3 Å². The molecule has 0 radical (unpaired) electrons. The summed E-state index contributed by atoms with van der Waals surface area (Å²) < 4.78 is 29.2. The Morgan fingerprint density at radius 2 is 1.43 bits per heavy atom. The topological polar surface area (TPSA) is 155 Å². The summed E-state index contributed by atoms with van der Waals surface area (Å²) >= 11 is 0. The molecule has 14 nitrogen and oxygen atoms in total. The predicted octanol–water partition coefficient (Wildman–Crippen LogP) is -0.0719. The molecule has 0 saturated heterocycles. The molecule has 3 amide bonds. The molecule has 1 fully saturated rings. The molecule has 0 unspecified atom stereocenters. The van der Waals surface area contributed by atoms with Gasteiger partial charge in [-0.2, -0.15) is 0 Å². The minimum atomic E-state index is -0.244. The number of rotatable bonds is 23. The number of hydrogen-bond donors (Lipinski definition) is 2. The largest absolute Gasteiger partial charge is 0.378 e. The number of nitrogens with one attached hydrogen (secondary N) is 2. The number of carbonyl (C=O) groups excluding carboxylic acids is 3. The number of imide groups is 1. The highest BCUT2D eigenvalue weighted by Crippen LogP contribution is 2.30. The van der Waals surface area contributed by atoms with E-state index in [0.717, 1.165) is 37.9 Å². The molecule has 2 heterocycles. The van der Waals surface area contributed by atoms with E-state index in [0.29, 0.717) is 85.7 Å². The summed E-state index contributed by atoms with van der Waals surface area (Å²) in [6, 6.07) is 0. The van der Waals surface area contributed by atoms with Crippen LogP contribution in [0.15, 0.2) is 18.3 Å². The van der Waals surface area contributed by atoms with Crippen LogP contribution in [0.5, 0.6) is 0 Å². The van der Waals surface area contributed by atoms with Crippen molar-refractivity contribution in [3.8, 4) is 0 Å². The van der Waals surface area contributed by atoms with Gasteiger partial charge < -0.3 is 34.3 Å². The third kappa shape index (κ3) is 13.0. The molecule has 14 heteroatoms. The van der Waals surface area contributed by atoms with Gasteiger partial charge in [0.25, 0.3) is 11.8 Å². The molecule has 0 aromatic carbocycles. The van der Waals surface area contributed by atoms with Crippen molar-refractivity contribution in [3.05, 3.63) is 24.0 Å². The van der Waals surface area contributed by atoms with Crippen LogP contribution in [0.3, 0.4) is 0 Å². The minimum absolute atomic E-state index is 0.0338. The minimum Gasteiger partial charge on any atom is -0.378 e. The highest BCUT2D eigenvalue weighted by Gasteiger charge is 2.31. The lowest BCUT2D eigenvalue weighted by Gasteiger charge is -2.30. The summed E-state index contributed by atoms with van der Waals surface area (Å²) in [5.41, 5.74) is 0.730. The fraction of sp³-hybridized carbons (Fsp3) is 0.750. The summed E-state index contributed by atoms with van der Waals surface area (Å²) in [6.45, 7) is 7.22. The zero-order valence-corrected chi connectivity index (χ0v) is 24.7. The van der Waals surface area contributed by atoms with Crippen molar-refractivity contribution >= 4 is 17.7 Å². The van der Waals surface area contributed by atoms with E-state index in [-0.39, 0.29) is 29.6 Å². The lowest BCUT2D eigenvalue weighted by Crippen LogP contribution is -2.39. The number of hydrogen-bond acceptors (Lipinski definition) is 11. The molecule has 236 valence electrons. The van der Waals surface area contributed by atoms with Crippen molar-refractivity contribution in [2.45, 2.75) is 38.8 Å². The van der Waals surface area contributed by atoms with Crippen LogP contribution in [0.2, 0.25) is 0 Å². The summed E-state index contributed by atoms with van der Waals surface area (Å²) in [5, 5.41) is 14.1. The van der Waals surface area contributed by atoms with Crippen molar-refractivity contribution < 1.29 is 38.1 Å². The molecule has 1 saturated carbocycles. The molecular weight excluding hydrogens is 548 g/mol. The Balaban J connectivity index is 1.10. The van der Waals surface area contributed by atoms with Crippen LogP contribution in [0.1, 0.15) is 31.4 Å². The van der Waals surface area contributed by atoms with Crippen molar-refractivity contribution in [2.24, 2.45) is 11.8 Å². The van der Waals surface area contributed by atoms with Gasteiger partial charge in [-0.1, -0.05) is 5.21 Å². The van der Waals surface area contributed by atoms with Crippen LogP contribution < -0.4 is 10.6 Å². The van der Waals surface area contributed by atoms with Gasteiger partial charge in [-0.15, -0.1) is 5.10 Å². The first-order valence-electron chi connectivity index (χ1n) is 14.8. The first-order chi connectivity index (χ1) is 20.6. The van der Waals surface area contributed by atoms with E-state index in [1.54, 1.807) is 4.68 Å². The molecule has 1 aromatic heterocycles. The van der Waals surface area contributed by atoms with Crippen molar-refractivity contribution in [1.82, 2.24) is 30.5 Å². The van der Waals surface area contributed by atoms with Crippen LogP contribution in [0.25, 0.3) is 0 Å². The number of likely N-dealkylation sites (N-methyl/N-ethyl adjacent to an activating group) is 1. The molecular formula is C28H46N6O8. The van der Waals surface area contributed by atoms with E-state index in [1.807, 2.05) is 13.2 Å². The molecule has 2 aliphatic rings. The first-order valence-corrected chi connectivity index (χ1v) is 14.8. The molecule has 2 N–H and O–H groups in total. The molecule has 1 aliphatic carbocycles.